The summed E-state index contributed by atoms with van der Waals surface area (Å²) in [5.74, 6) is 0.665. The molecule has 2 aromatic carbocycles. The molecule has 0 aliphatic carbocycles. The molecule has 2 aromatic rings. The van der Waals surface area contributed by atoms with E-state index in [1.54, 1.807) is 24.3 Å². The predicted molar refractivity (Wildman–Crippen MR) is 100 cm³/mol. The lowest BCUT2D eigenvalue weighted by Gasteiger charge is -2.21. The number of Topliss-reactive ketones (excluding diaryl/α,β-unsaturated/α-hetero) is 1. The summed E-state index contributed by atoms with van der Waals surface area (Å²) < 4.78 is 10.9. The maximum absolute atomic E-state index is 12.4. The maximum atomic E-state index is 12.4. The summed E-state index contributed by atoms with van der Waals surface area (Å²) in [6.45, 7) is 5.94. The normalized spacial score (nSPS) is 12.3. The number of nitrogens with two attached hydrogens (primary N) is 1. The summed E-state index contributed by atoms with van der Waals surface area (Å²) in [6, 6.07) is 16.4. The average Bonchev–Trinajstić information content (AvgIpc) is 2.55. The van der Waals surface area contributed by atoms with Gasteiger partial charge in [0.2, 0.25) is 0 Å². The molecule has 1 amide bonds. The number of ether oxygens (including phenoxy) is 2. The molecule has 0 fully saturated rings. The van der Waals surface area contributed by atoms with Gasteiger partial charge in [0.15, 0.2) is 5.78 Å². The van der Waals surface area contributed by atoms with E-state index in [9.17, 15) is 9.59 Å². The third-order valence-electron chi connectivity index (χ3n) is 3.60. The van der Waals surface area contributed by atoms with Gasteiger partial charge in [0, 0.05) is 18.4 Å². The quantitative estimate of drug-likeness (QED) is 0.757. The molecule has 0 heterocycles. The van der Waals surface area contributed by atoms with Crippen molar-refractivity contribution < 1.29 is 19.1 Å². The molecule has 0 saturated carbocycles. The monoisotopic (exact) mass is 355 g/mol. The van der Waals surface area contributed by atoms with Crippen LogP contribution in [0.15, 0.2) is 54.6 Å². The Morgan fingerprint density at radius 2 is 1.62 bits per heavy atom. The molecule has 2 rings (SSSR count). The largest absolute Gasteiger partial charge is 0.488 e. The van der Waals surface area contributed by atoms with Gasteiger partial charge in [0.1, 0.15) is 17.5 Å². The van der Waals surface area contributed by atoms with Crippen molar-refractivity contribution in [2.75, 3.05) is 0 Å². The molecule has 138 valence electrons. The number of benzene rings is 2. The van der Waals surface area contributed by atoms with Crippen LogP contribution < -0.4 is 10.5 Å². The Morgan fingerprint density at radius 1 is 1.00 bits per heavy atom. The number of rotatable bonds is 7. The average molecular weight is 355 g/mol. The molecule has 1 atom stereocenters. The van der Waals surface area contributed by atoms with Gasteiger partial charge in [-0.25, -0.2) is 4.79 Å². The number of hydrogen-bond donors (Lipinski definition) is 1. The summed E-state index contributed by atoms with van der Waals surface area (Å²) in [7, 11) is 0. The van der Waals surface area contributed by atoms with E-state index >= 15 is 0 Å². The highest BCUT2D eigenvalue weighted by molar-refractivity contribution is 5.96. The van der Waals surface area contributed by atoms with E-state index in [2.05, 4.69) is 0 Å². The minimum Gasteiger partial charge on any atom is -0.488 e. The zero-order valence-electron chi connectivity index (χ0n) is 15.4. The van der Waals surface area contributed by atoms with Gasteiger partial charge in [-0.2, -0.15) is 0 Å². The number of ketones is 1. The number of carbonyl (C=O) groups is 2. The van der Waals surface area contributed by atoms with E-state index in [-0.39, 0.29) is 17.8 Å². The minimum absolute atomic E-state index is 0.0766. The van der Waals surface area contributed by atoms with Gasteiger partial charge in [-0.3, -0.25) is 4.79 Å². The van der Waals surface area contributed by atoms with Crippen LogP contribution in [0.4, 0.5) is 4.79 Å². The van der Waals surface area contributed by atoms with Gasteiger partial charge >= 0.3 is 6.09 Å². The van der Waals surface area contributed by atoms with E-state index in [0.29, 0.717) is 12.0 Å². The van der Waals surface area contributed by atoms with Crippen LogP contribution in [-0.2, 0) is 11.2 Å². The third-order valence-corrected chi connectivity index (χ3v) is 3.60. The fraction of sp³-hybridized carbons (Fsp3) is 0.333. The molecule has 0 radical (unpaired) electrons. The molecule has 5 heteroatoms. The van der Waals surface area contributed by atoms with E-state index < -0.39 is 12.2 Å². The summed E-state index contributed by atoms with van der Waals surface area (Å²) in [5.41, 5.74) is 6.40. The standard InChI is InChI=1S/C21H25NO4/c1-21(2,3)26-17-11-9-15(10-12-17)13-18(25-20(22)24)14-19(23)16-7-5-4-6-8-16/h4-12,18H,13-14H2,1-3H3,(H2,22,24). The highest BCUT2D eigenvalue weighted by Gasteiger charge is 2.19. The zero-order chi connectivity index (χ0) is 19.2. The number of amides is 1. The van der Waals surface area contributed by atoms with E-state index in [1.165, 1.54) is 0 Å². The Morgan fingerprint density at radius 3 is 2.15 bits per heavy atom. The van der Waals surface area contributed by atoms with Crippen LogP contribution in [0.1, 0.15) is 43.1 Å². The van der Waals surface area contributed by atoms with Gasteiger partial charge in [0.25, 0.3) is 0 Å². The molecule has 0 bridgehead atoms. The topological polar surface area (TPSA) is 78.6 Å². The summed E-state index contributed by atoms with van der Waals surface area (Å²) >= 11 is 0. The maximum Gasteiger partial charge on any atom is 0.404 e. The van der Waals surface area contributed by atoms with Gasteiger partial charge in [0.05, 0.1) is 0 Å². The molecule has 0 saturated heterocycles. The van der Waals surface area contributed by atoms with Crippen LogP contribution in [-0.4, -0.2) is 23.6 Å². The lowest BCUT2D eigenvalue weighted by atomic mass is 10.00. The van der Waals surface area contributed by atoms with Crippen molar-refractivity contribution in [3.05, 3.63) is 65.7 Å². The van der Waals surface area contributed by atoms with Crippen LogP contribution in [0.5, 0.6) is 5.75 Å². The molecule has 0 aliphatic heterocycles. The zero-order valence-corrected chi connectivity index (χ0v) is 15.4. The molecule has 5 nitrogen and oxygen atoms in total. The molecule has 0 aliphatic rings. The molecule has 2 N–H and O–H groups in total. The molecule has 26 heavy (non-hydrogen) atoms. The van der Waals surface area contributed by atoms with Crippen molar-refractivity contribution >= 4 is 11.9 Å². The van der Waals surface area contributed by atoms with Crippen molar-refractivity contribution in [2.24, 2.45) is 5.73 Å². The van der Waals surface area contributed by atoms with Crippen molar-refractivity contribution in [1.82, 2.24) is 0 Å². The molecular weight excluding hydrogens is 330 g/mol. The Labute approximate surface area is 154 Å². The Balaban J connectivity index is 2.05. The van der Waals surface area contributed by atoms with Crippen LogP contribution in [0.3, 0.4) is 0 Å². The molecule has 1 unspecified atom stereocenters. The van der Waals surface area contributed by atoms with Gasteiger partial charge in [-0.15, -0.1) is 0 Å². The van der Waals surface area contributed by atoms with E-state index in [1.807, 2.05) is 51.1 Å². The first-order chi connectivity index (χ1) is 12.2. The van der Waals surface area contributed by atoms with Crippen LogP contribution in [0.2, 0.25) is 0 Å². The first-order valence-electron chi connectivity index (χ1n) is 8.55. The lowest BCUT2D eigenvalue weighted by Crippen LogP contribution is -2.27. The minimum atomic E-state index is -0.886. The fourth-order valence-electron chi connectivity index (χ4n) is 2.58. The molecule has 0 spiro atoms. The highest BCUT2D eigenvalue weighted by Crippen LogP contribution is 2.20. The Kier molecular flexibility index (Phi) is 6.39. The second kappa shape index (κ2) is 8.52. The second-order valence-corrected chi connectivity index (χ2v) is 7.11. The number of hydrogen-bond acceptors (Lipinski definition) is 4. The van der Waals surface area contributed by atoms with Crippen molar-refractivity contribution in [3.63, 3.8) is 0 Å². The SMILES string of the molecule is CC(C)(C)Oc1ccc(CC(CC(=O)c2ccccc2)OC(N)=O)cc1. The highest BCUT2D eigenvalue weighted by atomic mass is 16.6. The third kappa shape index (κ3) is 6.59. The fourth-order valence-corrected chi connectivity index (χ4v) is 2.58. The Hall–Kier alpha value is -2.82. The van der Waals surface area contributed by atoms with E-state index in [0.717, 1.165) is 11.3 Å². The van der Waals surface area contributed by atoms with E-state index in [4.69, 9.17) is 15.2 Å². The van der Waals surface area contributed by atoms with Gasteiger partial charge < -0.3 is 15.2 Å². The summed E-state index contributed by atoms with van der Waals surface area (Å²) in [6.07, 6.45) is -1.03. The summed E-state index contributed by atoms with van der Waals surface area (Å²) in [5, 5.41) is 0. The van der Waals surface area contributed by atoms with Crippen LogP contribution >= 0.6 is 0 Å². The van der Waals surface area contributed by atoms with Gasteiger partial charge in [-0.1, -0.05) is 42.5 Å². The number of primary amides is 1. The first kappa shape index (κ1) is 19.5. The van der Waals surface area contributed by atoms with Crippen molar-refractivity contribution in [1.29, 1.82) is 0 Å². The van der Waals surface area contributed by atoms with Gasteiger partial charge in [-0.05, 0) is 38.5 Å². The van der Waals surface area contributed by atoms with Crippen molar-refractivity contribution in [3.8, 4) is 5.75 Å². The molecule has 0 aromatic heterocycles. The van der Waals surface area contributed by atoms with Crippen LogP contribution in [0, 0.1) is 0 Å². The second-order valence-electron chi connectivity index (χ2n) is 7.11. The lowest BCUT2D eigenvalue weighted by molar-refractivity contribution is 0.0791. The van der Waals surface area contributed by atoms with Crippen molar-refractivity contribution in [2.45, 2.75) is 45.3 Å². The number of carbonyl (C=O) groups excluding carboxylic acids is 2. The van der Waals surface area contributed by atoms with Crippen LogP contribution in [0.25, 0.3) is 0 Å². The smallest absolute Gasteiger partial charge is 0.404 e. The summed E-state index contributed by atoms with van der Waals surface area (Å²) in [4.78, 5) is 23.6. The molecular formula is C21H25NO4. The first-order valence-corrected chi connectivity index (χ1v) is 8.55. The predicted octanol–water partition coefficient (Wildman–Crippen LogP) is 4.14. The Bertz CT molecular complexity index is 733.